The Morgan fingerprint density at radius 1 is 1.23 bits per heavy atom. The number of aliphatic hydroxyl groups is 1. The van der Waals surface area contributed by atoms with E-state index >= 15 is 0 Å². The highest BCUT2D eigenvalue weighted by atomic mass is 32.2. The Bertz CT molecular complexity index is 861. The van der Waals surface area contributed by atoms with Crippen molar-refractivity contribution >= 4 is 33.4 Å². The number of thioether (sulfide) groups is 1. The van der Waals surface area contributed by atoms with E-state index in [1.165, 1.54) is 12.1 Å². The van der Waals surface area contributed by atoms with E-state index in [9.17, 15) is 17.2 Å². The quantitative estimate of drug-likeness (QED) is 0.458. The molecule has 7 nitrogen and oxygen atoms in total. The molecule has 142 valence electrons. The number of halogens is 2. The standard InChI is InChI=1S/C15H18F2N4O3S2/c1-9(7-22)18-13-6-14(21-26(2,23)24)20-15(19-13)25-8-10-11(16)4-3-5-12(10)17/h3-6,9,22H,7-8H2,1-2H3,(H2,18,19,20,21)/t9-/m1/s1. The first kappa shape index (κ1) is 20.3. The van der Waals surface area contributed by atoms with Gasteiger partial charge >= 0.3 is 0 Å². The SMILES string of the molecule is C[C@H](CO)Nc1cc(NS(C)(=O)=O)nc(SCc2c(F)cccc2F)n1. The van der Waals surface area contributed by atoms with Gasteiger partial charge in [-0.3, -0.25) is 4.72 Å². The number of hydrogen-bond donors (Lipinski definition) is 3. The molecule has 0 spiro atoms. The minimum Gasteiger partial charge on any atom is -0.394 e. The minimum atomic E-state index is -3.57. The van der Waals surface area contributed by atoms with E-state index in [1.807, 2.05) is 0 Å². The Morgan fingerprint density at radius 2 is 1.85 bits per heavy atom. The summed E-state index contributed by atoms with van der Waals surface area (Å²) < 4.78 is 52.5. The minimum absolute atomic E-state index is 0.00615. The summed E-state index contributed by atoms with van der Waals surface area (Å²) >= 11 is 0.951. The molecule has 2 aromatic rings. The molecule has 0 saturated heterocycles. The molecule has 0 aliphatic rings. The first-order valence-electron chi connectivity index (χ1n) is 7.48. The molecule has 0 saturated carbocycles. The summed E-state index contributed by atoms with van der Waals surface area (Å²) in [4.78, 5) is 8.22. The predicted octanol–water partition coefficient (Wildman–Crippen LogP) is 2.21. The van der Waals surface area contributed by atoms with Gasteiger partial charge in [0, 0.05) is 23.4 Å². The number of anilines is 2. The van der Waals surface area contributed by atoms with Crippen LogP contribution in [-0.4, -0.2) is 42.4 Å². The zero-order valence-corrected chi connectivity index (χ0v) is 15.7. The van der Waals surface area contributed by atoms with Crippen molar-refractivity contribution in [3.63, 3.8) is 0 Å². The molecule has 0 unspecified atom stereocenters. The van der Waals surface area contributed by atoms with Crippen molar-refractivity contribution < 1.29 is 22.3 Å². The largest absolute Gasteiger partial charge is 0.394 e. The first-order valence-corrected chi connectivity index (χ1v) is 10.4. The van der Waals surface area contributed by atoms with E-state index in [2.05, 4.69) is 20.0 Å². The zero-order chi connectivity index (χ0) is 19.3. The highest BCUT2D eigenvalue weighted by molar-refractivity contribution is 7.98. The molecule has 1 aromatic heterocycles. The van der Waals surface area contributed by atoms with Crippen molar-refractivity contribution in [3.05, 3.63) is 41.5 Å². The molecule has 1 heterocycles. The van der Waals surface area contributed by atoms with Crippen LogP contribution in [0.25, 0.3) is 0 Å². The average Bonchev–Trinajstić information content (AvgIpc) is 2.52. The fourth-order valence-electron chi connectivity index (χ4n) is 1.91. The van der Waals surface area contributed by atoms with Crippen LogP contribution in [0.3, 0.4) is 0 Å². The number of nitrogens with one attached hydrogen (secondary N) is 2. The van der Waals surface area contributed by atoms with Crippen LogP contribution < -0.4 is 10.0 Å². The van der Waals surface area contributed by atoms with Gasteiger partial charge in [-0.05, 0) is 19.1 Å². The third kappa shape index (κ3) is 6.07. The van der Waals surface area contributed by atoms with Crippen molar-refractivity contribution in [2.24, 2.45) is 0 Å². The summed E-state index contributed by atoms with van der Waals surface area (Å²) in [5.74, 6) is -1.17. The van der Waals surface area contributed by atoms with Gasteiger partial charge in [-0.25, -0.2) is 27.2 Å². The fourth-order valence-corrected chi connectivity index (χ4v) is 3.27. The summed E-state index contributed by atoms with van der Waals surface area (Å²) in [6.45, 7) is 1.54. The number of nitrogens with zero attached hydrogens (tertiary/aromatic N) is 2. The number of benzene rings is 1. The van der Waals surface area contributed by atoms with Crippen molar-refractivity contribution in [2.75, 3.05) is 22.9 Å². The van der Waals surface area contributed by atoms with Crippen LogP contribution in [0.5, 0.6) is 0 Å². The lowest BCUT2D eigenvalue weighted by molar-refractivity contribution is 0.281. The lowest BCUT2D eigenvalue weighted by Crippen LogP contribution is -2.21. The molecule has 0 aliphatic carbocycles. The van der Waals surface area contributed by atoms with Gasteiger partial charge in [0.2, 0.25) is 10.0 Å². The third-order valence-electron chi connectivity index (χ3n) is 3.07. The van der Waals surface area contributed by atoms with Crippen molar-refractivity contribution in [2.45, 2.75) is 23.9 Å². The van der Waals surface area contributed by atoms with E-state index < -0.39 is 21.7 Å². The van der Waals surface area contributed by atoms with Crippen LogP contribution in [-0.2, 0) is 15.8 Å². The van der Waals surface area contributed by atoms with Crippen molar-refractivity contribution in [1.29, 1.82) is 0 Å². The van der Waals surface area contributed by atoms with E-state index in [0.29, 0.717) is 0 Å². The van der Waals surface area contributed by atoms with Crippen molar-refractivity contribution in [1.82, 2.24) is 9.97 Å². The molecule has 2 rings (SSSR count). The molecular weight excluding hydrogens is 386 g/mol. The van der Waals surface area contributed by atoms with Gasteiger partial charge in [-0.15, -0.1) is 0 Å². The molecule has 0 amide bonds. The van der Waals surface area contributed by atoms with Gasteiger partial charge < -0.3 is 10.4 Å². The molecule has 0 fully saturated rings. The highest BCUT2D eigenvalue weighted by Gasteiger charge is 2.13. The molecule has 11 heteroatoms. The Morgan fingerprint density at radius 3 is 2.42 bits per heavy atom. The molecule has 0 aliphatic heterocycles. The van der Waals surface area contributed by atoms with Gasteiger partial charge in [0.05, 0.1) is 12.9 Å². The summed E-state index contributed by atoms with van der Waals surface area (Å²) in [7, 11) is -3.57. The number of sulfonamides is 1. The van der Waals surface area contributed by atoms with Crippen LogP contribution >= 0.6 is 11.8 Å². The number of aliphatic hydroxyl groups excluding tert-OH is 1. The second-order valence-corrected chi connectivity index (χ2v) is 8.20. The maximum absolute atomic E-state index is 13.7. The molecule has 0 bridgehead atoms. The van der Waals surface area contributed by atoms with E-state index in [1.54, 1.807) is 6.92 Å². The van der Waals surface area contributed by atoms with Gasteiger partial charge in [0.1, 0.15) is 23.3 Å². The van der Waals surface area contributed by atoms with Crippen LogP contribution in [0, 0.1) is 11.6 Å². The molecular formula is C15H18F2N4O3S2. The highest BCUT2D eigenvalue weighted by Crippen LogP contribution is 2.26. The Hall–Kier alpha value is -1.98. The number of hydrogen-bond acceptors (Lipinski definition) is 7. The molecule has 1 aromatic carbocycles. The summed E-state index contributed by atoms with van der Waals surface area (Å²) in [5.41, 5.74) is -0.124. The zero-order valence-electron chi connectivity index (χ0n) is 14.0. The maximum Gasteiger partial charge on any atom is 0.230 e. The monoisotopic (exact) mass is 404 g/mol. The van der Waals surface area contributed by atoms with Crippen LogP contribution in [0.4, 0.5) is 20.4 Å². The lowest BCUT2D eigenvalue weighted by Gasteiger charge is -2.14. The van der Waals surface area contributed by atoms with Gasteiger partial charge in [0.25, 0.3) is 0 Å². The first-order chi connectivity index (χ1) is 12.2. The predicted molar refractivity (Wildman–Crippen MR) is 96.6 cm³/mol. The van der Waals surface area contributed by atoms with Crippen molar-refractivity contribution in [3.8, 4) is 0 Å². The maximum atomic E-state index is 13.7. The van der Waals surface area contributed by atoms with E-state index in [0.717, 1.165) is 30.2 Å². The second-order valence-electron chi connectivity index (χ2n) is 5.51. The topological polar surface area (TPSA) is 104 Å². The van der Waals surface area contributed by atoms with Gasteiger partial charge in [-0.1, -0.05) is 17.8 Å². The van der Waals surface area contributed by atoms with Crippen LogP contribution in [0.2, 0.25) is 0 Å². The van der Waals surface area contributed by atoms with E-state index in [4.69, 9.17) is 5.11 Å². The van der Waals surface area contributed by atoms with E-state index in [-0.39, 0.29) is 40.8 Å². The summed E-state index contributed by atoms with van der Waals surface area (Å²) in [5, 5.41) is 12.1. The number of aromatic nitrogens is 2. The average molecular weight is 404 g/mol. The normalized spacial score (nSPS) is 12.7. The van der Waals surface area contributed by atoms with Gasteiger partial charge in [0.15, 0.2) is 5.16 Å². The smallest absolute Gasteiger partial charge is 0.230 e. The lowest BCUT2D eigenvalue weighted by atomic mass is 10.2. The summed E-state index contributed by atoms with van der Waals surface area (Å²) in [6, 6.07) is 4.60. The Kier molecular flexibility index (Phi) is 6.73. The fraction of sp³-hybridized carbons (Fsp3) is 0.333. The molecule has 3 N–H and O–H groups in total. The second kappa shape index (κ2) is 8.60. The van der Waals surface area contributed by atoms with Crippen LogP contribution in [0.1, 0.15) is 12.5 Å². The Labute approximate surface area is 154 Å². The molecule has 26 heavy (non-hydrogen) atoms. The summed E-state index contributed by atoms with van der Waals surface area (Å²) in [6.07, 6.45) is 0.972. The number of rotatable bonds is 8. The molecule has 0 radical (unpaired) electrons. The third-order valence-corrected chi connectivity index (χ3v) is 4.52. The Balaban J connectivity index is 2.27. The van der Waals surface area contributed by atoms with Crippen LogP contribution in [0.15, 0.2) is 29.4 Å². The van der Waals surface area contributed by atoms with Gasteiger partial charge in [-0.2, -0.15) is 0 Å². The molecule has 1 atom stereocenters.